The predicted octanol–water partition coefficient (Wildman–Crippen LogP) is -0.327. The van der Waals surface area contributed by atoms with Gasteiger partial charge in [-0.1, -0.05) is 13.0 Å². The molecule has 2 bridgehead atoms. The number of allylic oxidation sites excluding steroid dienone is 1. The van der Waals surface area contributed by atoms with Gasteiger partial charge < -0.3 is 58.0 Å². The Morgan fingerprint density at radius 3 is 2.27 bits per heavy atom. The average molecular weight is 723 g/mol. The van der Waals surface area contributed by atoms with Crippen molar-refractivity contribution in [1.82, 2.24) is 0 Å². The summed E-state index contributed by atoms with van der Waals surface area (Å²) in [4.78, 5) is 54.4. The van der Waals surface area contributed by atoms with Crippen molar-refractivity contribution in [3.8, 4) is 0 Å². The lowest BCUT2D eigenvalue weighted by atomic mass is 9.37. The van der Waals surface area contributed by atoms with Crippen molar-refractivity contribution >= 4 is 23.9 Å². The molecule has 0 unspecified atom stereocenters. The molecule has 0 aromatic heterocycles. The number of ether oxygens (including phenoxy) is 9. The third-order valence-corrected chi connectivity index (χ3v) is 14.4. The average Bonchev–Trinajstić information content (AvgIpc) is 3.47. The van der Waals surface area contributed by atoms with Gasteiger partial charge in [-0.2, -0.15) is 0 Å². The van der Waals surface area contributed by atoms with E-state index in [1.165, 1.54) is 14.0 Å². The standard InChI is InChI=1S/C35H46O16/c1-8-15(2)24(38)49-18-12-19(48-16(3)36)32(26(39)43-6)13-46-21-22(32)31(18)14-47-34(42,27(40)44-7)25(31)29(4,23(21)37)35-20-11-17(30(35,5)51-35)33(41)9-10-45-28(33)50-20/h8,17-23,25,28,37,41-42H,9-14H2,1-7H3/b15-8+/t17-,18+,19-,20+,21-,22-,23-,25+,28-,29-,30+,31+,32+,33+,34+,35+/m1/s1. The summed E-state index contributed by atoms with van der Waals surface area (Å²) in [5.74, 6) is -9.60. The number of methoxy groups -OCH3 is 2. The molecule has 3 saturated carbocycles. The van der Waals surface area contributed by atoms with Crippen molar-refractivity contribution in [2.45, 2.75) is 113 Å². The summed E-state index contributed by atoms with van der Waals surface area (Å²) < 4.78 is 54.3. The van der Waals surface area contributed by atoms with E-state index in [1.54, 1.807) is 26.8 Å². The first-order valence-electron chi connectivity index (χ1n) is 17.5. The van der Waals surface area contributed by atoms with Crippen LogP contribution in [0.1, 0.15) is 53.9 Å². The molecule has 3 N–H and O–H groups in total. The molecular weight excluding hydrogens is 676 g/mol. The molecule has 8 aliphatic rings. The lowest BCUT2D eigenvalue weighted by molar-refractivity contribution is -0.316. The van der Waals surface area contributed by atoms with E-state index >= 15 is 0 Å². The Balaban J connectivity index is 1.39. The first-order valence-corrected chi connectivity index (χ1v) is 17.5. The molecule has 0 aromatic carbocycles. The number of hydrogen-bond acceptors (Lipinski definition) is 16. The van der Waals surface area contributed by atoms with Gasteiger partial charge >= 0.3 is 23.9 Å². The molecular formula is C35H46O16. The van der Waals surface area contributed by atoms with E-state index in [-0.39, 0.29) is 31.6 Å². The highest BCUT2D eigenvalue weighted by Gasteiger charge is 2.97. The van der Waals surface area contributed by atoms with Crippen LogP contribution in [-0.4, -0.2) is 133 Å². The molecule has 8 fully saturated rings. The molecule has 1 spiro atoms. The number of aliphatic hydroxyl groups is 3. The fourth-order valence-electron chi connectivity index (χ4n) is 12.5. The summed E-state index contributed by atoms with van der Waals surface area (Å²) >= 11 is 0. The molecule has 16 heteroatoms. The number of hydrogen-bond donors (Lipinski definition) is 3. The van der Waals surface area contributed by atoms with Gasteiger partial charge in [0, 0.05) is 53.9 Å². The highest BCUT2D eigenvalue weighted by molar-refractivity contribution is 5.88. The van der Waals surface area contributed by atoms with E-state index in [4.69, 9.17) is 42.6 Å². The number of carbonyl (C=O) groups excluding carboxylic acids is 4. The Bertz CT molecular complexity index is 1610. The van der Waals surface area contributed by atoms with Gasteiger partial charge in [0.25, 0.3) is 5.79 Å². The number of esters is 4. The maximum Gasteiger partial charge on any atom is 0.366 e. The van der Waals surface area contributed by atoms with E-state index < -0.39 is 124 Å². The van der Waals surface area contributed by atoms with Crippen molar-refractivity contribution in [3.63, 3.8) is 0 Å². The maximum absolute atomic E-state index is 14.2. The van der Waals surface area contributed by atoms with Gasteiger partial charge in [-0.05, 0) is 27.2 Å². The van der Waals surface area contributed by atoms with Gasteiger partial charge in [-0.25, -0.2) is 9.59 Å². The monoisotopic (exact) mass is 722 g/mol. The Hall–Kier alpha value is -2.70. The van der Waals surface area contributed by atoms with E-state index in [2.05, 4.69) is 0 Å². The molecule has 282 valence electrons. The summed E-state index contributed by atoms with van der Waals surface area (Å²) in [5.41, 5.74) is -9.15. The van der Waals surface area contributed by atoms with Crippen LogP contribution < -0.4 is 0 Å². The van der Waals surface area contributed by atoms with Crippen molar-refractivity contribution in [2.75, 3.05) is 34.0 Å². The molecule has 5 saturated heterocycles. The molecule has 51 heavy (non-hydrogen) atoms. The predicted molar refractivity (Wildman–Crippen MR) is 165 cm³/mol. The first-order chi connectivity index (χ1) is 23.9. The van der Waals surface area contributed by atoms with Gasteiger partial charge in [0.2, 0.25) is 0 Å². The van der Waals surface area contributed by atoms with E-state index in [9.17, 15) is 34.5 Å². The molecule has 5 heterocycles. The topological polar surface area (TPSA) is 215 Å². The fraction of sp³-hybridized carbons (Fsp3) is 0.829. The first kappa shape index (κ1) is 35.3. The Morgan fingerprint density at radius 2 is 1.63 bits per heavy atom. The van der Waals surface area contributed by atoms with Gasteiger partial charge in [0.15, 0.2) is 6.29 Å². The van der Waals surface area contributed by atoms with E-state index in [0.717, 1.165) is 7.11 Å². The smallest absolute Gasteiger partial charge is 0.366 e. The van der Waals surface area contributed by atoms with Crippen LogP contribution in [0, 0.1) is 34.0 Å². The second-order valence-electron chi connectivity index (χ2n) is 16.0. The quantitative estimate of drug-likeness (QED) is 0.139. The number of carbonyl (C=O) groups is 4. The lowest BCUT2D eigenvalue weighted by Gasteiger charge is -2.65. The lowest BCUT2D eigenvalue weighted by Crippen LogP contribution is -2.79. The third-order valence-electron chi connectivity index (χ3n) is 14.4. The van der Waals surface area contributed by atoms with Crippen molar-refractivity contribution in [1.29, 1.82) is 0 Å². The van der Waals surface area contributed by atoms with Gasteiger partial charge in [0.1, 0.15) is 34.4 Å². The summed E-state index contributed by atoms with van der Waals surface area (Å²) in [6.07, 6.45) is -5.42. The summed E-state index contributed by atoms with van der Waals surface area (Å²) in [5, 5.41) is 37.6. The van der Waals surface area contributed by atoms with Gasteiger partial charge in [-0.3, -0.25) is 9.59 Å². The molecule has 5 aliphatic heterocycles. The van der Waals surface area contributed by atoms with Crippen LogP contribution in [0.25, 0.3) is 0 Å². The number of aliphatic hydroxyl groups excluding tert-OH is 1. The number of epoxide rings is 1. The van der Waals surface area contributed by atoms with Crippen LogP contribution in [0.2, 0.25) is 0 Å². The largest absolute Gasteiger partial charge is 0.468 e. The minimum atomic E-state index is -2.81. The summed E-state index contributed by atoms with van der Waals surface area (Å²) in [6.45, 7) is 7.24. The van der Waals surface area contributed by atoms with E-state index in [1.807, 2.05) is 6.92 Å². The highest BCUT2D eigenvalue weighted by atomic mass is 16.7. The zero-order valence-electron chi connectivity index (χ0n) is 29.7. The van der Waals surface area contributed by atoms with Crippen LogP contribution in [0.15, 0.2) is 11.6 Å². The van der Waals surface area contributed by atoms with Gasteiger partial charge in [-0.15, -0.1) is 0 Å². The van der Waals surface area contributed by atoms with Crippen molar-refractivity contribution in [3.05, 3.63) is 11.6 Å². The zero-order valence-corrected chi connectivity index (χ0v) is 29.7. The summed E-state index contributed by atoms with van der Waals surface area (Å²) in [6, 6.07) is 0. The van der Waals surface area contributed by atoms with Crippen LogP contribution in [-0.2, 0) is 61.8 Å². The molecule has 16 nitrogen and oxygen atoms in total. The SMILES string of the molecule is C/C=C(\C)C(=O)O[C@H]1C[C@@H](OC(C)=O)[C@@]2(C(=O)OC)CO[C@H]3[C@@H](O)[C@@](C)([C@]45O[C@@]4(C)[C@H]4C[C@@H]5O[C@H]5OCC[C@@]54O)[C@H]4[C@]1(CO[C@]4(O)C(=O)OC)[C@@H]32. The van der Waals surface area contributed by atoms with Crippen LogP contribution in [0.4, 0.5) is 0 Å². The van der Waals surface area contributed by atoms with Crippen molar-refractivity contribution in [2.24, 2.45) is 34.0 Å². The molecule has 8 rings (SSSR count). The highest BCUT2D eigenvalue weighted by Crippen LogP contribution is 2.83. The minimum absolute atomic E-state index is 0.242. The van der Waals surface area contributed by atoms with Crippen molar-refractivity contribution < 1.29 is 77.1 Å². The molecule has 0 aromatic rings. The Morgan fingerprint density at radius 1 is 0.922 bits per heavy atom. The van der Waals surface area contributed by atoms with Crippen LogP contribution in [0.3, 0.4) is 0 Å². The molecule has 0 amide bonds. The normalized spacial score (nSPS) is 54.4. The Labute approximate surface area is 293 Å². The van der Waals surface area contributed by atoms with E-state index in [0.29, 0.717) is 6.42 Å². The minimum Gasteiger partial charge on any atom is -0.468 e. The Kier molecular flexibility index (Phi) is 7.42. The second-order valence-corrected chi connectivity index (χ2v) is 16.0. The third kappa shape index (κ3) is 3.73. The number of fused-ring (bicyclic) bond motifs is 7. The second kappa shape index (κ2) is 10.7. The zero-order chi connectivity index (χ0) is 36.9. The van der Waals surface area contributed by atoms with Crippen LogP contribution >= 0.6 is 0 Å². The fourth-order valence-corrected chi connectivity index (χ4v) is 12.5. The molecule has 16 atom stereocenters. The number of rotatable bonds is 6. The van der Waals surface area contributed by atoms with Gasteiger partial charge in [0.05, 0.1) is 52.4 Å². The molecule has 0 radical (unpaired) electrons. The molecule has 3 aliphatic carbocycles. The van der Waals surface area contributed by atoms with Crippen LogP contribution in [0.5, 0.6) is 0 Å². The maximum atomic E-state index is 14.2. The summed E-state index contributed by atoms with van der Waals surface area (Å²) in [7, 11) is 2.24.